The summed E-state index contributed by atoms with van der Waals surface area (Å²) in [4.78, 5) is 26.7. The second-order valence-corrected chi connectivity index (χ2v) is 6.48. The molecule has 2 aromatic carbocycles. The first-order chi connectivity index (χ1) is 13.1. The normalized spacial score (nSPS) is 16.9. The number of amides is 2. The third kappa shape index (κ3) is 2.83. The predicted octanol–water partition coefficient (Wildman–Crippen LogP) is 3.25. The zero-order chi connectivity index (χ0) is 19.0. The highest BCUT2D eigenvalue weighted by Crippen LogP contribution is 2.40. The molecular formula is C21H20N2O4. The Balaban J connectivity index is 1.73. The molecule has 2 amide bonds. The molecule has 2 heterocycles. The smallest absolute Gasteiger partial charge is 0.239 e. The molecule has 1 aromatic heterocycles. The van der Waals surface area contributed by atoms with Crippen LogP contribution in [-0.4, -0.2) is 32.0 Å². The van der Waals surface area contributed by atoms with E-state index in [-0.39, 0.29) is 11.8 Å². The summed E-state index contributed by atoms with van der Waals surface area (Å²) in [5.74, 6) is -0.618. The lowest BCUT2D eigenvalue weighted by molar-refractivity contribution is -0.131. The van der Waals surface area contributed by atoms with Gasteiger partial charge in [0.15, 0.2) is 0 Å². The maximum absolute atomic E-state index is 12.8. The molecule has 1 atom stereocenters. The highest BCUT2D eigenvalue weighted by Gasteiger charge is 2.38. The summed E-state index contributed by atoms with van der Waals surface area (Å²) < 4.78 is 11.5. The van der Waals surface area contributed by atoms with Gasteiger partial charge in [-0.05, 0) is 18.6 Å². The molecule has 0 unspecified atom stereocenters. The van der Waals surface area contributed by atoms with Crippen LogP contribution in [0.3, 0.4) is 0 Å². The van der Waals surface area contributed by atoms with Crippen molar-refractivity contribution >= 4 is 39.4 Å². The van der Waals surface area contributed by atoms with Crippen molar-refractivity contribution in [2.75, 3.05) is 25.1 Å². The Kier molecular flexibility index (Phi) is 4.32. The van der Waals surface area contributed by atoms with Crippen molar-refractivity contribution in [2.45, 2.75) is 6.42 Å². The first kappa shape index (κ1) is 17.1. The second-order valence-electron chi connectivity index (χ2n) is 6.48. The fourth-order valence-electron chi connectivity index (χ4n) is 3.57. The van der Waals surface area contributed by atoms with Crippen molar-refractivity contribution in [3.8, 4) is 5.75 Å². The molecule has 1 aliphatic heterocycles. The van der Waals surface area contributed by atoms with Gasteiger partial charge in [-0.3, -0.25) is 9.59 Å². The van der Waals surface area contributed by atoms with E-state index < -0.39 is 5.92 Å². The molecule has 1 saturated heterocycles. The van der Waals surface area contributed by atoms with Crippen molar-refractivity contribution in [1.29, 1.82) is 0 Å². The van der Waals surface area contributed by atoms with Crippen LogP contribution < -0.4 is 15.0 Å². The number of furan rings is 1. The zero-order valence-corrected chi connectivity index (χ0v) is 15.0. The molecule has 4 rings (SSSR count). The van der Waals surface area contributed by atoms with Crippen LogP contribution in [0.15, 0.2) is 53.5 Å². The molecule has 1 N–H and O–H groups in total. The van der Waals surface area contributed by atoms with Gasteiger partial charge in [-0.2, -0.15) is 0 Å². The molecule has 3 aromatic rings. The fraction of sp³-hybridized carbons (Fsp3) is 0.238. The third-order valence-corrected chi connectivity index (χ3v) is 4.91. The Morgan fingerprint density at radius 3 is 2.93 bits per heavy atom. The predicted molar refractivity (Wildman–Crippen MR) is 104 cm³/mol. The number of carbonyl (C=O) groups is 2. The van der Waals surface area contributed by atoms with Crippen LogP contribution in [0.25, 0.3) is 21.9 Å². The molecule has 0 aliphatic carbocycles. The van der Waals surface area contributed by atoms with Gasteiger partial charge < -0.3 is 19.4 Å². The average molecular weight is 364 g/mol. The second kappa shape index (κ2) is 6.79. The lowest BCUT2D eigenvalue weighted by atomic mass is 10.1. The van der Waals surface area contributed by atoms with Gasteiger partial charge >= 0.3 is 0 Å². The van der Waals surface area contributed by atoms with E-state index in [9.17, 15) is 9.59 Å². The molecule has 0 saturated carbocycles. The van der Waals surface area contributed by atoms with Crippen LogP contribution in [-0.2, 0) is 9.59 Å². The van der Waals surface area contributed by atoms with Gasteiger partial charge in [-0.25, -0.2) is 0 Å². The molecule has 0 radical (unpaired) electrons. The number of hydrogen-bond acceptors (Lipinski definition) is 4. The largest absolute Gasteiger partial charge is 0.495 e. The van der Waals surface area contributed by atoms with Crippen LogP contribution in [0, 0.1) is 5.92 Å². The molecule has 27 heavy (non-hydrogen) atoms. The van der Waals surface area contributed by atoms with E-state index >= 15 is 0 Å². The zero-order valence-electron chi connectivity index (χ0n) is 15.0. The first-order valence-corrected chi connectivity index (χ1v) is 8.83. The van der Waals surface area contributed by atoms with E-state index in [0.717, 1.165) is 16.4 Å². The van der Waals surface area contributed by atoms with Crippen molar-refractivity contribution in [3.05, 3.63) is 49.1 Å². The van der Waals surface area contributed by atoms with Crippen molar-refractivity contribution in [1.82, 2.24) is 5.32 Å². The summed E-state index contributed by atoms with van der Waals surface area (Å²) >= 11 is 0. The minimum absolute atomic E-state index is 0.231. The average Bonchev–Trinajstić information content (AvgIpc) is 3.24. The molecule has 1 aliphatic rings. The van der Waals surface area contributed by atoms with E-state index in [0.29, 0.717) is 36.5 Å². The van der Waals surface area contributed by atoms with Crippen LogP contribution in [0.2, 0.25) is 0 Å². The first-order valence-electron chi connectivity index (χ1n) is 8.83. The van der Waals surface area contributed by atoms with Gasteiger partial charge in [0.05, 0.1) is 12.8 Å². The number of nitrogens with one attached hydrogen (secondary N) is 1. The quantitative estimate of drug-likeness (QED) is 0.557. The summed E-state index contributed by atoms with van der Waals surface area (Å²) in [6.45, 7) is 4.37. The van der Waals surface area contributed by atoms with Gasteiger partial charge in [0, 0.05) is 29.9 Å². The van der Waals surface area contributed by atoms with Crippen molar-refractivity contribution in [2.24, 2.45) is 5.92 Å². The lowest BCUT2D eigenvalue weighted by Gasteiger charge is -2.19. The van der Waals surface area contributed by atoms with E-state index in [4.69, 9.17) is 9.15 Å². The SMILES string of the molecule is C=CCNC(=O)[C@H]1CCN(c2cc3oc4ccccc4c3cc2OC)C1=O. The number of benzene rings is 2. The van der Waals surface area contributed by atoms with E-state index in [2.05, 4.69) is 11.9 Å². The third-order valence-electron chi connectivity index (χ3n) is 4.91. The Hall–Kier alpha value is -3.28. The fourth-order valence-corrected chi connectivity index (χ4v) is 3.57. The Morgan fingerprint density at radius 2 is 2.15 bits per heavy atom. The number of ether oxygens (including phenoxy) is 1. The number of carbonyl (C=O) groups excluding carboxylic acids is 2. The van der Waals surface area contributed by atoms with E-state index in [1.54, 1.807) is 18.1 Å². The standard InChI is InChI=1S/C21H20N2O4/c1-3-9-22-20(24)14-8-10-23(21(14)25)16-12-18-15(11-19(16)26-2)13-6-4-5-7-17(13)27-18/h3-7,11-12,14H,1,8-10H2,2H3,(H,22,24)/t14-/m1/s1. The summed E-state index contributed by atoms with van der Waals surface area (Å²) in [5, 5.41) is 4.62. The van der Waals surface area contributed by atoms with E-state index in [1.807, 2.05) is 36.4 Å². The molecule has 1 fully saturated rings. The number of para-hydroxylation sites is 1. The van der Waals surface area contributed by atoms with Crippen LogP contribution in [0.1, 0.15) is 6.42 Å². The number of hydrogen-bond donors (Lipinski definition) is 1. The maximum Gasteiger partial charge on any atom is 0.239 e. The van der Waals surface area contributed by atoms with Crippen LogP contribution in [0.4, 0.5) is 5.69 Å². The van der Waals surface area contributed by atoms with Crippen LogP contribution in [0.5, 0.6) is 5.75 Å². The minimum atomic E-state index is -0.693. The molecule has 0 spiro atoms. The van der Waals surface area contributed by atoms with Gasteiger partial charge in [0.25, 0.3) is 0 Å². The topological polar surface area (TPSA) is 71.8 Å². The van der Waals surface area contributed by atoms with Gasteiger partial charge in [0.1, 0.15) is 22.8 Å². The van der Waals surface area contributed by atoms with Crippen molar-refractivity contribution in [3.63, 3.8) is 0 Å². The Labute approximate surface area is 156 Å². The van der Waals surface area contributed by atoms with E-state index in [1.165, 1.54) is 0 Å². The molecule has 0 bridgehead atoms. The highest BCUT2D eigenvalue weighted by atomic mass is 16.5. The summed E-state index contributed by atoms with van der Waals surface area (Å²) in [6, 6.07) is 11.5. The Morgan fingerprint density at radius 1 is 1.33 bits per heavy atom. The monoisotopic (exact) mass is 364 g/mol. The summed E-state index contributed by atoms with van der Waals surface area (Å²) in [5.41, 5.74) is 2.08. The lowest BCUT2D eigenvalue weighted by Crippen LogP contribution is -2.37. The number of rotatable bonds is 5. The number of fused-ring (bicyclic) bond motifs is 3. The molecule has 6 nitrogen and oxygen atoms in total. The summed E-state index contributed by atoms with van der Waals surface area (Å²) in [6.07, 6.45) is 2.05. The van der Waals surface area contributed by atoms with Crippen molar-refractivity contribution < 1.29 is 18.7 Å². The minimum Gasteiger partial charge on any atom is -0.495 e. The number of methoxy groups -OCH3 is 1. The summed E-state index contributed by atoms with van der Waals surface area (Å²) in [7, 11) is 1.57. The van der Waals surface area contributed by atoms with Gasteiger partial charge in [-0.1, -0.05) is 24.3 Å². The van der Waals surface area contributed by atoms with Gasteiger partial charge in [0.2, 0.25) is 11.8 Å². The molecule has 138 valence electrons. The molecular weight excluding hydrogens is 344 g/mol. The Bertz CT molecular complexity index is 1050. The highest BCUT2D eigenvalue weighted by molar-refractivity contribution is 6.12. The number of anilines is 1. The van der Waals surface area contributed by atoms with Crippen LogP contribution >= 0.6 is 0 Å². The maximum atomic E-state index is 12.8. The number of nitrogens with zero attached hydrogens (tertiary/aromatic N) is 1. The molecule has 6 heteroatoms. The van der Waals surface area contributed by atoms with Gasteiger partial charge in [-0.15, -0.1) is 6.58 Å².